The van der Waals surface area contributed by atoms with Crippen molar-refractivity contribution in [2.45, 2.75) is 25.0 Å². The fourth-order valence-electron chi connectivity index (χ4n) is 2.86. The fourth-order valence-corrected chi connectivity index (χ4v) is 3.77. The van der Waals surface area contributed by atoms with E-state index in [9.17, 15) is 5.11 Å². The largest absolute Gasteiger partial charge is 0.496 e. The molecule has 0 radical (unpaired) electrons. The summed E-state index contributed by atoms with van der Waals surface area (Å²) in [6.45, 7) is 2.98. The fraction of sp³-hybridized carbons (Fsp3) is 0.471. The number of nitrogens with zero attached hydrogens (tertiary/aromatic N) is 1. The summed E-state index contributed by atoms with van der Waals surface area (Å²) in [5, 5.41) is 18.0. The van der Waals surface area contributed by atoms with Crippen molar-refractivity contribution in [2.75, 3.05) is 26.7 Å². The van der Waals surface area contributed by atoms with E-state index in [0.717, 1.165) is 47.1 Å². The van der Waals surface area contributed by atoms with Crippen molar-refractivity contribution in [1.29, 1.82) is 0 Å². The van der Waals surface area contributed by atoms with Crippen molar-refractivity contribution in [3.63, 3.8) is 0 Å². The molecule has 0 spiro atoms. The molecule has 1 aliphatic heterocycles. The molecule has 1 aromatic carbocycles. The first kappa shape index (κ1) is 16.4. The monoisotopic (exact) mass is 333 g/mol. The van der Waals surface area contributed by atoms with Crippen LogP contribution in [0.5, 0.6) is 5.75 Å². The van der Waals surface area contributed by atoms with Crippen molar-refractivity contribution >= 4 is 11.3 Å². The topological polar surface area (TPSA) is 66.4 Å². The Morgan fingerprint density at radius 1 is 1.43 bits per heavy atom. The number of nitrogens with one attached hydrogen (secondary N) is 2. The predicted molar refractivity (Wildman–Crippen MR) is 92.9 cm³/mol. The molecule has 1 saturated heterocycles. The number of hydrogen-bond acceptors (Lipinski definition) is 6. The third kappa shape index (κ3) is 4.09. The van der Waals surface area contributed by atoms with Crippen LogP contribution in [-0.4, -0.2) is 42.4 Å². The lowest BCUT2D eigenvalue weighted by Gasteiger charge is -2.32. The minimum Gasteiger partial charge on any atom is -0.496 e. The summed E-state index contributed by atoms with van der Waals surface area (Å²) in [6.07, 6.45) is 3.77. The van der Waals surface area contributed by atoms with E-state index >= 15 is 0 Å². The van der Waals surface area contributed by atoms with E-state index in [2.05, 4.69) is 15.6 Å². The molecule has 6 heteroatoms. The van der Waals surface area contributed by atoms with Crippen molar-refractivity contribution in [3.8, 4) is 16.3 Å². The minimum absolute atomic E-state index is 0.599. The maximum Gasteiger partial charge on any atom is 0.129 e. The second-order valence-electron chi connectivity index (χ2n) is 5.94. The smallest absolute Gasteiger partial charge is 0.129 e. The first-order chi connectivity index (χ1) is 11.2. The first-order valence-electron chi connectivity index (χ1n) is 7.92. The van der Waals surface area contributed by atoms with Gasteiger partial charge >= 0.3 is 0 Å². The average molecular weight is 333 g/mol. The summed E-state index contributed by atoms with van der Waals surface area (Å²) in [7, 11) is 1.67. The Bertz CT molecular complexity index is 638. The summed E-state index contributed by atoms with van der Waals surface area (Å²) in [5.41, 5.74) is 0.385. The Morgan fingerprint density at radius 3 is 3.09 bits per heavy atom. The molecule has 1 aliphatic rings. The van der Waals surface area contributed by atoms with Gasteiger partial charge in [0.2, 0.25) is 0 Å². The zero-order chi connectivity index (χ0) is 16.1. The van der Waals surface area contributed by atoms with Gasteiger partial charge in [0.25, 0.3) is 0 Å². The van der Waals surface area contributed by atoms with Gasteiger partial charge in [0.1, 0.15) is 10.8 Å². The van der Waals surface area contributed by atoms with Crippen LogP contribution in [0.2, 0.25) is 0 Å². The Kier molecular flexibility index (Phi) is 5.27. The third-order valence-corrected chi connectivity index (χ3v) is 5.12. The third-order valence-electron chi connectivity index (χ3n) is 4.09. The van der Waals surface area contributed by atoms with Crippen LogP contribution >= 0.6 is 11.3 Å². The van der Waals surface area contributed by atoms with Gasteiger partial charge in [0, 0.05) is 30.7 Å². The Balaban J connectivity index is 1.59. The van der Waals surface area contributed by atoms with Gasteiger partial charge in [-0.25, -0.2) is 4.98 Å². The lowest BCUT2D eigenvalue weighted by Crippen LogP contribution is -2.51. The van der Waals surface area contributed by atoms with Crippen LogP contribution in [0.3, 0.4) is 0 Å². The molecular weight excluding hydrogens is 310 g/mol. The normalized spacial score (nSPS) is 21.3. The van der Waals surface area contributed by atoms with E-state index in [1.54, 1.807) is 18.4 Å². The molecule has 0 amide bonds. The van der Waals surface area contributed by atoms with E-state index in [-0.39, 0.29) is 0 Å². The van der Waals surface area contributed by atoms with Gasteiger partial charge in [-0.2, -0.15) is 0 Å². The molecule has 0 bridgehead atoms. The van der Waals surface area contributed by atoms with Gasteiger partial charge in [-0.3, -0.25) is 0 Å². The number of methoxy groups -OCH3 is 1. The Morgan fingerprint density at radius 2 is 2.30 bits per heavy atom. The number of thiazole rings is 1. The zero-order valence-electron chi connectivity index (χ0n) is 13.3. The Labute approximate surface area is 140 Å². The van der Waals surface area contributed by atoms with Crippen molar-refractivity contribution in [2.24, 2.45) is 0 Å². The molecule has 1 fully saturated rings. The van der Waals surface area contributed by atoms with Gasteiger partial charge < -0.3 is 20.5 Å². The highest BCUT2D eigenvalue weighted by Gasteiger charge is 2.28. The highest BCUT2D eigenvalue weighted by atomic mass is 32.1. The highest BCUT2D eigenvalue weighted by molar-refractivity contribution is 7.15. The van der Waals surface area contributed by atoms with Crippen LogP contribution in [0, 0.1) is 0 Å². The number of aliphatic hydroxyl groups is 1. The molecule has 3 N–H and O–H groups in total. The molecule has 0 saturated carbocycles. The predicted octanol–water partition coefficient (Wildman–Crippen LogP) is 2.02. The van der Waals surface area contributed by atoms with Crippen LogP contribution in [0.1, 0.15) is 17.7 Å². The molecule has 124 valence electrons. The Hall–Kier alpha value is -1.47. The number of benzene rings is 1. The maximum atomic E-state index is 10.4. The van der Waals surface area contributed by atoms with Crippen LogP contribution in [0.15, 0.2) is 30.5 Å². The summed E-state index contributed by atoms with van der Waals surface area (Å²) >= 11 is 1.65. The summed E-state index contributed by atoms with van der Waals surface area (Å²) in [4.78, 5) is 5.65. The van der Waals surface area contributed by atoms with Gasteiger partial charge in [0.05, 0.1) is 18.3 Å². The zero-order valence-corrected chi connectivity index (χ0v) is 14.2. The number of piperidine rings is 1. The minimum atomic E-state index is -0.631. The number of ether oxygens (including phenoxy) is 1. The van der Waals surface area contributed by atoms with Crippen LogP contribution in [0.4, 0.5) is 0 Å². The highest BCUT2D eigenvalue weighted by Crippen LogP contribution is 2.32. The molecule has 5 nitrogen and oxygen atoms in total. The van der Waals surface area contributed by atoms with E-state index in [1.165, 1.54) is 0 Å². The summed E-state index contributed by atoms with van der Waals surface area (Å²) in [6, 6.07) is 7.91. The van der Waals surface area contributed by atoms with Crippen molar-refractivity contribution in [1.82, 2.24) is 15.6 Å². The SMILES string of the molecule is COc1ccccc1-c1ncc(CNC[C@@]2(O)CCCNC2)s1. The molecule has 23 heavy (non-hydrogen) atoms. The number of hydrogen-bond donors (Lipinski definition) is 3. The number of β-amino-alcohol motifs (C(OH)–C–C–N with tert-alkyl or cyclic N) is 1. The van der Waals surface area contributed by atoms with Gasteiger partial charge in [0.15, 0.2) is 0 Å². The summed E-state index contributed by atoms with van der Waals surface area (Å²) in [5.74, 6) is 0.837. The molecule has 0 unspecified atom stereocenters. The van der Waals surface area contributed by atoms with Crippen molar-refractivity contribution < 1.29 is 9.84 Å². The molecular formula is C17H23N3O2S. The lowest BCUT2D eigenvalue weighted by atomic mass is 9.94. The van der Waals surface area contributed by atoms with E-state index < -0.39 is 5.60 Å². The molecule has 1 atom stereocenters. The van der Waals surface area contributed by atoms with Crippen LogP contribution < -0.4 is 15.4 Å². The van der Waals surface area contributed by atoms with Crippen molar-refractivity contribution in [3.05, 3.63) is 35.3 Å². The lowest BCUT2D eigenvalue weighted by molar-refractivity contribution is 0.0169. The van der Waals surface area contributed by atoms with E-state index in [1.807, 2.05) is 30.5 Å². The van der Waals surface area contributed by atoms with Crippen LogP contribution in [-0.2, 0) is 6.54 Å². The number of aromatic nitrogens is 1. The molecule has 3 rings (SSSR count). The molecule has 1 aromatic heterocycles. The standard InChI is InChI=1S/C17H23N3O2S/c1-22-15-6-3-2-5-14(15)16-20-10-13(23-16)9-19-12-17(21)7-4-8-18-11-17/h2-3,5-6,10,18-19,21H,4,7-9,11-12H2,1H3/t17-/m1/s1. The maximum absolute atomic E-state index is 10.4. The second-order valence-corrected chi connectivity index (χ2v) is 7.06. The quantitative estimate of drug-likeness (QED) is 0.755. The molecule has 2 aromatic rings. The van der Waals surface area contributed by atoms with Crippen LogP contribution in [0.25, 0.3) is 10.6 Å². The second kappa shape index (κ2) is 7.40. The number of para-hydroxylation sites is 1. The number of rotatable bonds is 6. The molecule has 2 heterocycles. The van der Waals surface area contributed by atoms with E-state index in [4.69, 9.17) is 4.74 Å². The van der Waals surface area contributed by atoms with Gasteiger partial charge in [-0.05, 0) is 31.5 Å². The van der Waals surface area contributed by atoms with E-state index in [0.29, 0.717) is 13.1 Å². The summed E-state index contributed by atoms with van der Waals surface area (Å²) < 4.78 is 5.39. The first-order valence-corrected chi connectivity index (χ1v) is 8.74. The van der Waals surface area contributed by atoms with Gasteiger partial charge in [-0.15, -0.1) is 11.3 Å². The molecule has 0 aliphatic carbocycles. The average Bonchev–Trinajstić information content (AvgIpc) is 3.04. The van der Waals surface area contributed by atoms with Gasteiger partial charge in [-0.1, -0.05) is 12.1 Å².